The summed E-state index contributed by atoms with van der Waals surface area (Å²) in [7, 11) is 0. The van der Waals surface area contributed by atoms with E-state index in [9.17, 15) is 14.3 Å². The highest BCUT2D eigenvalue weighted by Gasteiger charge is 2.33. The minimum atomic E-state index is -0.528. The molecule has 0 saturated carbocycles. The van der Waals surface area contributed by atoms with Gasteiger partial charge in [0.25, 0.3) is 0 Å². The Balaban J connectivity index is 2.05. The van der Waals surface area contributed by atoms with Crippen LogP contribution in [0.15, 0.2) is 24.3 Å². The van der Waals surface area contributed by atoms with Crippen molar-refractivity contribution in [2.24, 2.45) is 5.92 Å². The highest BCUT2D eigenvalue weighted by molar-refractivity contribution is 5.68. The van der Waals surface area contributed by atoms with Crippen LogP contribution in [0.3, 0.4) is 0 Å². The van der Waals surface area contributed by atoms with Gasteiger partial charge in [0.2, 0.25) is 0 Å². The Kier molecular flexibility index (Phi) is 5.06. The molecule has 2 rings (SSSR count). The summed E-state index contributed by atoms with van der Waals surface area (Å²) in [6.45, 7) is 6.52. The minimum Gasteiger partial charge on any atom is -0.444 e. The molecule has 5 heteroatoms. The van der Waals surface area contributed by atoms with E-state index in [0.717, 1.165) is 12.0 Å². The molecular weight excluding hydrogens is 285 g/mol. The van der Waals surface area contributed by atoms with E-state index < -0.39 is 5.60 Å². The molecule has 0 aliphatic carbocycles. The van der Waals surface area contributed by atoms with Gasteiger partial charge in [-0.25, -0.2) is 9.18 Å². The summed E-state index contributed by atoms with van der Waals surface area (Å²) >= 11 is 0. The number of likely N-dealkylation sites (tertiary alicyclic amines) is 1. The number of hydrogen-bond donors (Lipinski definition) is 1. The van der Waals surface area contributed by atoms with Gasteiger partial charge in [0, 0.05) is 25.6 Å². The van der Waals surface area contributed by atoms with E-state index in [1.165, 1.54) is 12.1 Å². The molecule has 1 aromatic carbocycles. The second-order valence-corrected chi connectivity index (χ2v) is 6.82. The lowest BCUT2D eigenvalue weighted by atomic mass is 9.81. The number of hydrogen-bond acceptors (Lipinski definition) is 3. The van der Waals surface area contributed by atoms with E-state index in [-0.39, 0.29) is 30.4 Å². The first-order chi connectivity index (χ1) is 10.3. The number of nitrogens with zero attached hydrogens (tertiary/aromatic N) is 1. The van der Waals surface area contributed by atoms with Crippen LogP contribution in [0.2, 0.25) is 0 Å². The molecule has 0 spiro atoms. The van der Waals surface area contributed by atoms with E-state index in [0.29, 0.717) is 13.1 Å². The van der Waals surface area contributed by atoms with Crippen LogP contribution in [0.5, 0.6) is 0 Å². The topological polar surface area (TPSA) is 49.8 Å². The number of amides is 1. The van der Waals surface area contributed by atoms with Crippen molar-refractivity contribution in [3.63, 3.8) is 0 Å². The maximum Gasteiger partial charge on any atom is 0.410 e. The molecule has 1 fully saturated rings. The predicted octanol–water partition coefficient (Wildman–Crippen LogP) is 3.16. The van der Waals surface area contributed by atoms with E-state index in [1.54, 1.807) is 17.0 Å². The zero-order chi connectivity index (χ0) is 16.3. The number of aliphatic hydroxyl groups is 1. The van der Waals surface area contributed by atoms with Crippen molar-refractivity contribution in [1.29, 1.82) is 0 Å². The number of carbonyl (C=O) groups is 1. The van der Waals surface area contributed by atoms with Gasteiger partial charge >= 0.3 is 6.09 Å². The second-order valence-electron chi connectivity index (χ2n) is 6.82. The SMILES string of the molecule is CC(C)(C)OC(=O)N1CC[C@@H](c2ccc(F)cc2)C(CO)C1. The lowest BCUT2D eigenvalue weighted by Gasteiger charge is -2.38. The zero-order valence-corrected chi connectivity index (χ0v) is 13.4. The number of aliphatic hydroxyl groups excluding tert-OH is 1. The van der Waals surface area contributed by atoms with Gasteiger partial charge in [-0.3, -0.25) is 0 Å². The summed E-state index contributed by atoms with van der Waals surface area (Å²) < 4.78 is 18.4. The summed E-state index contributed by atoms with van der Waals surface area (Å²) in [4.78, 5) is 13.8. The monoisotopic (exact) mass is 309 g/mol. The number of rotatable bonds is 2. The molecule has 1 amide bonds. The Morgan fingerprint density at radius 1 is 1.36 bits per heavy atom. The normalized spacial score (nSPS) is 22.5. The van der Waals surface area contributed by atoms with Crippen LogP contribution in [-0.2, 0) is 4.74 Å². The van der Waals surface area contributed by atoms with Crippen LogP contribution >= 0.6 is 0 Å². The van der Waals surface area contributed by atoms with Gasteiger partial charge in [-0.2, -0.15) is 0 Å². The maximum absolute atomic E-state index is 13.0. The summed E-state index contributed by atoms with van der Waals surface area (Å²) in [5.41, 5.74) is 0.476. The largest absolute Gasteiger partial charge is 0.444 e. The maximum atomic E-state index is 13.0. The first-order valence-electron chi connectivity index (χ1n) is 7.64. The van der Waals surface area contributed by atoms with Crippen LogP contribution in [0, 0.1) is 11.7 Å². The van der Waals surface area contributed by atoms with Crippen molar-refractivity contribution >= 4 is 6.09 Å². The molecule has 1 aromatic rings. The van der Waals surface area contributed by atoms with E-state index in [2.05, 4.69) is 0 Å². The van der Waals surface area contributed by atoms with Gasteiger partial charge < -0.3 is 14.7 Å². The van der Waals surface area contributed by atoms with Gasteiger partial charge in [-0.1, -0.05) is 12.1 Å². The molecule has 2 atom stereocenters. The van der Waals surface area contributed by atoms with Crippen molar-refractivity contribution in [2.75, 3.05) is 19.7 Å². The Morgan fingerprint density at radius 2 is 2.00 bits per heavy atom. The van der Waals surface area contributed by atoms with Gasteiger partial charge in [-0.05, 0) is 50.8 Å². The van der Waals surface area contributed by atoms with Gasteiger partial charge in [0.15, 0.2) is 0 Å². The summed E-state index contributed by atoms with van der Waals surface area (Å²) in [6, 6.07) is 6.38. The smallest absolute Gasteiger partial charge is 0.410 e. The first kappa shape index (κ1) is 16.7. The number of carbonyl (C=O) groups excluding carboxylic acids is 1. The van der Waals surface area contributed by atoms with Crippen LogP contribution in [-0.4, -0.2) is 41.4 Å². The second kappa shape index (κ2) is 6.65. The molecule has 1 aliphatic heterocycles. The van der Waals surface area contributed by atoms with Gasteiger partial charge in [-0.15, -0.1) is 0 Å². The molecule has 4 nitrogen and oxygen atoms in total. The van der Waals surface area contributed by atoms with Crippen molar-refractivity contribution in [2.45, 2.75) is 38.7 Å². The van der Waals surface area contributed by atoms with Gasteiger partial charge in [0.05, 0.1) is 0 Å². The van der Waals surface area contributed by atoms with E-state index >= 15 is 0 Å². The molecule has 1 heterocycles. The third kappa shape index (κ3) is 4.19. The standard InChI is InChI=1S/C17H24FNO3/c1-17(2,3)22-16(21)19-9-8-15(13(10-19)11-20)12-4-6-14(18)7-5-12/h4-7,13,15,20H,8-11H2,1-3H3/t13?,15-/m0/s1. The summed E-state index contributed by atoms with van der Waals surface area (Å²) in [6.07, 6.45) is 0.388. The molecule has 1 N–H and O–H groups in total. The number of benzene rings is 1. The number of piperidine rings is 1. The van der Waals surface area contributed by atoms with Crippen molar-refractivity contribution in [3.05, 3.63) is 35.6 Å². The van der Waals surface area contributed by atoms with Crippen molar-refractivity contribution < 1.29 is 19.0 Å². The molecule has 0 aromatic heterocycles. The van der Waals surface area contributed by atoms with Crippen molar-refractivity contribution in [1.82, 2.24) is 4.90 Å². The Bertz CT molecular complexity index is 510. The van der Waals surface area contributed by atoms with Crippen LogP contribution in [0.4, 0.5) is 9.18 Å². The molecule has 1 unspecified atom stereocenters. The lowest BCUT2D eigenvalue weighted by molar-refractivity contribution is 0.0102. The Labute approximate surface area is 130 Å². The highest BCUT2D eigenvalue weighted by atomic mass is 19.1. The average molecular weight is 309 g/mol. The summed E-state index contributed by atoms with van der Waals surface area (Å²) in [5, 5.41) is 9.66. The number of halogens is 1. The number of ether oxygens (including phenoxy) is 1. The lowest BCUT2D eigenvalue weighted by Crippen LogP contribution is -2.46. The van der Waals surface area contributed by atoms with E-state index in [1.807, 2.05) is 20.8 Å². The van der Waals surface area contributed by atoms with Crippen LogP contribution in [0.25, 0.3) is 0 Å². The Morgan fingerprint density at radius 3 is 2.55 bits per heavy atom. The quantitative estimate of drug-likeness (QED) is 0.913. The van der Waals surface area contributed by atoms with Crippen LogP contribution in [0.1, 0.15) is 38.7 Å². The van der Waals surface area contributed by atoms with E-state index in [4.69, 9.17) is 4.74 Å². The molecule has 122 valence electrons. The molecule has 1 saturated heterocycles. The molecule has 22 heavy (non-hydrogen) atoms. The first-order valence-corrected chi connectivity index (χ1v) is 7.64. The summed E-state index contributed by atoms with van der Waals surface area (Å²) in [5.74, 6) is -0.202. The Hall–Kier alpha value is -1.62. The molecule has 0 radical (unpaired) electrons. The average Bonchev–Trinajstić information content (AvgIpc) is 2.45. The molecule has 0 bridgehead atoms. The zero-order valence-electron chi connectivity index (χ0n) is 13.4. The molecular formula is C17H24FNO3. The fourth-order valence-corrected chi connectivity index (χ4v) is 2.86. The van der Waals surface area contributed by atoms with Crippen LogP contribution < -0.4 is 0 Å². The third-order valence-electron chi connectivity index (χ3n) is 3.92. The predicted molar refractivity (Wildman–Crippen MR) is 82.1 cm³/mol. The highest BCUT2D eigenvalue weighted by Crippen LogP contribution is 2.33. The fourth-order valence-electron chi connectivity index (χ4n) is 2.86. The fraction of sp³-hybridized carbons (Fsp3) is 0.588. The minimum absolute atomic E-state index is 0.0126. The van der Waals surface area contributed by atoms with Crippen molar-refractivity contribution in [3.8, 4) is 0 Å². The van der Waals surface area contributed by atoms with Gasteiger partial charge in [0.1, 0.15) is 11.4 Å². The third-order valence-corrected chi connectivity index (χ3v) is 3.92. The molecule has 1 aliphatic rings.